The van der Waals surface area contributed by atoms with E-state index in [0.717, 1.165) is 0 Å². The minimum absolute atomic E-state index is 0.104. The molecule has 0 unspecified atom stereocenters. The zero-order valence-corrected chi connectivity index (χ0v) is 15.3. The van der Waals surface area contributed by atoms with Crippen molar-refractivity contribution < 1.29 is 14.5 Å². The molecule has 0 fully saturated rings. The number of anilines is 1. The smallest absolute Gasteiger partial charge is 0.326 e. The number of non-ortho nitro benzene ring substituents is 1. The first-order valence-corrected chi connectivity index (χ1v) is 8.58. The van der Waals surface area contributed by atoms with Crippen LogP contribution in [-0.4, -0.2) is 34.1 Å². The van der Waals surface area contributed by atoms with Crippen LogP contribution in [0.2, 0.25) is 0 Å². The van der Waals surface area contributed by atoms with Crippen LogP contribution >= 0.6 is 0 Å². The van der Waals surface area contributed by atoms with Gasteiger partial charge in [0.05, 0.1) is 28.1 Å². The first kappa shape index (κ1) is 19.0. The van der Waals surface area contributed by atoms with Crippen LogP contribution in [0.25, 0.3) is 22.3 Å². The van der Waals surface area contributed by atoms with E-state index < -0.39 is 16.5 Å². The topological polar surface area (TPSA) is 116 Å². The summed E-state index contributed by atoms with van der Waals surface area (Å²) >= 11 is 0. The van der Waals surface area contributed by atoms with E-state index in [0.29, 0.717) is 22.2 Å². The van der Waals surface area contributed by atoms with Gasteiger partial charge in [-0.3, -0.25) is 24.3 Å². The third kappa shape index (κ3) is 3.54. The molecule has 3 aromatic rings. The lowest BCUT2D eigenvalue weighted by Gasteiger charge is -2.15. The van der Waals surface area contributed by atoms with Crippen molar-refractivity contribution in [2.75, 3.05) is 19.0 Å². The summed E-state index contributed by atoms with van der Waals surface area (Å²) in [7, 11) is 1.61. The van der Waals surface area contributed by atoms with E-state index in [1.54, 1.807) is 38.2 Å². The normalized spacial score (nSPS) is 10.6. The van der Waals surface area contributed by atoms with Gasteiger partial charge in [0, 0.05) is 24.7 Å². The highest BCUT2D eigenvalue weighted by Crippen LogP contribution is 2.30. The number of nitro benzene ring substituents is 1. The van der Waals surface area contributed by atoms with Crippen LogP contribution in [0.1, 0.15) is 6.92 Å². The molecule has 9 heteroatoms. The molecule has 1 N–H and O–H groups in total. The number of carbonyl (C=O) groups is 1. The third-order valence-corrected chi connectivity index (χ3v) is 4.18. The van der Waals surface area contributed by atoms with Crippen molar-refractivity contribution in [2.45, 2.75) is 13.5 Å². The fourth-order valence-corrected chi connectivity index (χ4v) is 2.90. The Kier molecular flexibility index (Phi) is 5.35. The van der Waals surface area contributed by atoms with Gasteiger partial charge in [0.1, 0.15) is 12.4 Å². The number of rotatable bonds is 6. The quantitative estimate of drug-likeness (QED) is 0.396. The number of nitrogens with one attached hydrogen (secondary N) is 1. The first-order valence-electron chi connectivity index (χ1n) is 8.58. The van der Waals surface area contributed by atoms with Gasteiger partial charge in [-0.15, -0.1) is 0 Å². The molecule has 0 radical (unpaired) electrons. The maximum absolute atomic E-state index is 13.0. The summed E-state index contributed by atoms with van der Waals surface area (Å²) in [6, 6.07) is 11.0. The molecular weight excluding hydrogens is 364 g/mol. The second-order valence-electron chi connectivity index (χ2n) is 5.89. The minimum atomic E-state index is -0.573. The summed E-state index contributed by atoms with van der Waals surface area (Å²) in [4.78, 5) is 40.2. The van der Waals surface area contributed by atoms with Gasteiger partial charge in [-0.25, -0.2) is 4.98 Å². The summed E-state index contributed by atoms with van der Waals surface area (Å²) in [6.45, 7) is 1.54. The van der Waals surface area contributed by atoms with Crippen LogP contribution in [0, 0.1) is 10.1 Å². The number of ether oxygens (including phenoxy) is 1. The van der Waals surface area contributed by atoms with E-state index in [1.165, 1.54) is 22.8 Å². The molecular formula is C19H18N4O5. The standard InChI is InChI=1S/C19H18N4O5/c1-3-28-17(24)11-22-18(21-15-7-5-4-6-14(15)19(22)25)13-9-8-12(23(26)27)10-16(13)20-2/h4-10,20H,3,11H2,1-2H3. The van der Waals surface area contributed by atoms with Crippen LogP contribution in [-0.2, 0) is 16.1 Å². The lowest BCUT2D eigenvalue weighted by Crippen LogP contribution is -2.28. The molecule has 0 aliphatic heterocycles. The third-order valence-electron chi connectivity index (χ3n) is 4.18. The number of fused-ring (bicyclic) bond motifs is 1. The van der Waals surface area contributed by atoms with Gasteiger partial charge in [0.2, 0.25) is 0 Å². The van der Waals surface area contributed by atoms with Crippen molar-refractivity contribution in [1.29, 1.82) is 0 Å². The Morgan fingerprint density at radius 3 is 2.71 bits per heavy atom. The molecule has 1 heterocycles. The number of para-hydroxylation sites is 1. The van der Waals surface area contributed by atoms with E-state index in [9.17, 15) is 19.7 Å². The molecule has 0 bridgehead atoms. The van der Waals surface area contributed by atoms with E-state index >= 15 is 0 Å². The summed E-state index contributed by atoms with van der Waals surface area (Å²) in [6.07, 6.45) is 0. The van der Waals surface area contributed by atoms with Gasteiger partial charge >= 0.3 is 5.97 Å². The van der Waals surface area contributed by atoms with Gasteiger partial charge in [-0.1, -0.05) is 12.1 Å². The molecule has 0 aliphatic carbocycles. The highest BCUT2D eigenvalue weighted by atomic mass is 16.6. The zero-order chi connectivity index (χ0) is 20.3. The van der Waals surface area contributed by atoms with Crippen molar-refractivity contribution in [3.05, 3.63) is 62.9 Å². The number of nitrogens with zero attached hydrogens (tertiary/aromatic N) is 3. The molecule has 0 spiro atoms. The Hall–Kier alpha value is -3.75. The second kappa shape index (κ2) is 7.87. The summed E-state index contributed by atoms with van der Waals surface area (Å²) in [5.74, 6) is -0.355. The average Bonchev–Trinajstić information content (AvgIpc) is 2.69. The van der Waals surface area contributed by atoms with Gasteiger partial charge in [-0.05, 0) is 25.1 Å². The van der Waals surface area contributed by atoms with E-state index in [4.69, 9.17) is 4.74 Å². The van der Waals surface area contributed by atoms with Crippen molar-refractivity contribution >= 4 is 28.2 Å². The lowest BCUT2D eigenvalue weighted by atomic mass is 10.1. The molecule has 3 rings (SSSR count). The molecule has 0 aliphatic rings. The second-order valence-corrected chi connectivity index (χ2v) is 5.89. The summed E-state index contributed by atoms with van der Waals surface area (Å²) < 4.78 is 6.20. The Bertz CT molecular complexity index is 1120. The monoisotopic (exact) mass is 382 g/mol. The maximum Gasteiger partial charge on any atom is 0.326 e. The number of hydrogen-bond donors (Lipinski definition) is 1. The van der Waals surface area contributed by atoms with Crippen LogP contribution in [0.5, 0.6) is 0 Å². The molecule has 0 saturated heterocycles. The van der Waals surface area contributed by atoms with Gasteiger partial charge in [-0.2, -0.15) is 0 Å². The van der Waals surface area contributed by atoms with Crippen LogP contribution in [0.15, 0.2) is 47.3 Å². The molecule has 0 atom stereocenters. The Balaban J connectivity index is 2.28. The van der Waals surface area contributed by atoms with Crippen molar-refractivity contribution in [3.63, 3.8) is 0 Å². The van der Waals surface area contributed by atoms with Gasteiger partial charge in [0.25, 0.3) is 11.2 Å². The summed E-state index contributed by atoms with van der Waals surface area (Å²) in [5.41, 5.74) is 0.833. The van der Waals surface area contributed by atoms with E-state index in [2.05, 4.69) is 10.3 Å². The van der Waals surface area contributed by atoms with Gasteiger partial charge in [0.15, 0.2) is 0 Å². The highest BCUT2D eigenvalue weighted by molar-refractivity contribution is 5.83. The number of esters is 1. The number of nitro groups is 1. The summed E-state index contributed by atoms with van der Waals surface area (Å²) in [5, 5.41) is 14.3. The Morgan fingerprint density at radius 1 is 1.29 bits per heavy atom. The molecule has 144 valence electrons. The van der Waals surface area contributed by atoms with Crippen LogP contribution in [0.3, 0.4) is 0 Å². The van der Waals surface area contributed by atoms with Crippen molar-refractivity contribution in [2.24, 2.45) is 0 Å². The Labute approximate surface area is 159 Å². The van der Waals surface area contributed by atoms with Crippen LogP contribution in [0.4, 0.5) is 11.4 Å². The number of carbonyl (C=O) groups excluding carboxylic acids is 1. The molecule has 0 amide bonds. The molecule has 2 aromatic carbocycles. The molecule has 1 aromatic heterocycles. The lowest BCUT2D eigenvalue weighted by molar-refractivity contribution is -0.384. The van der Waals surface area contributed by atoms with E-state index in [-0.39, 0.29) is 24.7 Å². The van der Waals surface area contributed by atoms with Crippen molar-refractivity contribution in [1.82, 2.24) is 9.55 Å². The van der Waals surface area contributed by atoms with E-state index in [1.807, 2.05) is 0 Å². The fraction of sp³-hybridized carbons (Fsp3) is 0.211. The Morgan fingerprint density at radius 2 is 2.04 bits per heavy atom. The first-order chi connectivity index (χ1) is 13.5. The minimum Gasteiger partial charge on any atom is -0.465 e. The highest BCUT2D eigenvalue weighted by Gasteiger charge is 2.19. The molecule has 28 heavy (non-hydrogen) atoms. The van der Waals surface area contributed by atoms with Crippen molar-refractivity contribution in [3.8, 4) is 11.4 Å². The number of aromatic nitrogens is 2. The fourth-order valence-electron chi connectivity index (χ4n) is 2.90. The number of benzene rings is 2. The largest absolute Gasteiger partial charge is 0.465 e. The molecule has 0 saturated carbocycles. The predicted molar refractivity (Wildman–Crippen MR) is 104 cm³/mol. The molecule has 9 nitrogen and oxygen atoms in total. The predicted octanol–water partition coefficient (Wildman–Crippen LogP) is 2.58. The zero-order valence-electron chi connectivity index (χ0n) is 15.3. The average molecular weight is 382 g/mol. The van der Waals surface area contributed by atoms with Gasteiger partial charge < -0.3 is 10.1 Å². The van der Waals surface area contributed by atoms with Crippen LogP contribution < -0.4 is 10.9 Å². The SMILES string of the molecule is CCOC(=O)Cn1c(-c2ccc([N+](=O)[O-])cc2NC)nc2ccccc2c1=O. The number of hydrogen-bond acceptors (Lipinski definition) is 7. The maximum atomic E-state index is 13.0.